The maximum Gasteiger partial charge on any atom is 0.261 e. The zero-order chi connectivity index (χ0) is 15.8. The predicted octanol–water partition coefficient (Wildman–Crippen LogP) is 3.73. The van der Waals surface area contributed by atoms with Crippen LogP contribution >= 0.6 is 0 Å². The molecule has 0 saturated carbocycles. The van der Waals surface area contributed by atoms with Gasteiger partial charge in [0.1, 0.15) is 11.6 Å². The van der Waals surface area contributed by atoms with E-state index in [2.05, 4.69) is 18.8 Å². The Balaban J connectivity index is 3.14. The standard InChI is InChI=1S/C17H30N2O2/c1-3-4-13-21-14-11-9-7-5-6-8-10-12-19-17(20)16(2)15-18/h2-14H2,1H3,(H,19,20). The molecule has 4 nitrogen and oxygen atoms in total. The fourth-order valence-corrected chi connectivity index (χ4v) is 1.92. The van der Waals surface area contributed by atoms with Gasteiger partial charge in [-0.25, -0.2) is 0 Å². The van der Waals surface area contributed by atoms with Gasteiger partial charge in [0.25, 0.3) is 5.91 Å². The summed E-state index contributed by atoms with van der Waals surface area (Å²) >= 11 is 0. The normalized spacial score (nSPS) is 10.1. The van der Waals surface area contributed by atoms with Crippen LogP contribution in [0.4, 0.5) is 0 Å². The zero-order valence-corrected chi connectivity index (χ0v) is 13.5. The first-order valence-electron chi connectivity index (χ1n) is 8.17. The van der Waals surface area contributed by atoms with Crippen LogP contribution in [0.15, 0.2) is 12.2 Å². The molecule has 0 aliphatic heterocycles. The predicted molar refractivity (Wildman–Crippen MR) is 85.8 cm³/mol. The van der Waals surface area contributed by atoms with Crippen molar-refractivity contribution in [1.82, 2.24) is 5.32 Å². The summed E-state index contributed by atoms with van der Waals surface area (Å²) in [5.41, 5.74) is -0.0174. The number of nitrogens with one attached hydrogen (secondary N) is 1. The molecule has 0 aliphatic carbocycles. The first-order valence-corrected chi connectivity index (χ1v) is 8.17. The molecule has 0 rings (SSSR count). The van der Waals surface area contributed by atoms with Crippen molar-refractivity contribution < 1.29 is 9.53 Å². The third-order valence-corrected chi connectivity index (χ3v) is 3.30. The quantitative estimate of drug-likeness (QED) is 0.302. The lowest BCUT2D eigenvalue weighted by Crippen LogP contribution is -2.25. The third kappa shape index (κ3) is 13.4. The number of carbonyl (C=O) groups excluding carboxylic acids is 1. The molecule has 0 radical (unpaired) electrons. The molecule has 0 aromatic rings. The Kier molecular flexibility index (Phi) is 14.1. The number of hydrogen-bond acceptors (Lipinski definition) is 3. The average Bonchev–Trinajstić information content (AvgIpc) is 2.50. The number of ether oxygens (including phenoxy) is 1. The second-order valence-corrected chi connectivity index (χ2v) is 5.29. The van der Waals surface area contributed by atoms with Crippen molar-refractivity contribution in [2.75, 3.05) is 19.8 Å². The van der Waals surface area contributed by atoms with E-state index in [1.54, 1.807) is 6.07 Å². The minimum atomic E-state index is -0.347. The first-order chi connectivity index (χ1) is 10.2. The fraction of sp³-hybridized carbons (Fsp3) is 0.765. The summed E-state index contributed by atoms with van der Waals surface area (Å²) in [5, 5.41) is 11.2. The van der Waals surface area contributed by atoms with Gasteiger partial charge >= 0.3 is 0 Å². The molecule has 0 aliphatic rings. The third-order valence-electron chi connectivity index (χ3n) is 3.30. The molecule has 0 fully saturated rings. The molecule has 0 spiro atoms. The highest BCUT2D eigenvalue weighted by Gasteiger charge is 2.03. The Morgan fingerprint density at radius 3 is 2.24 bits per heavy atom. The van der Waals surface area contributed by atoms with Crippen molar-refractivity contribution in [1.29, 1.82) is 5.26 Å². The summed E-state index contributed by atoms with van der Waals surface area (Å²) in [7, 11) is 0. The van der Waals surface area contributed by atoms with Crippen LogP contribution in [0, 0.1) is 11.3 Å². The van der Waals surface area contributed by atoms with Gasteiger partial charge in [0.15, 0.2) is 0 Å². The maximum absolute atomic E-state index is 11.2. The monoisotopic (exact) mass is 294 g/mol. The lowest BCUT2D eigenvalue weighted by atomic mass is 10.1. The Hall–Kier alpha value is -1.34. The van der Waals surface area contributed by atoms with E-state index < -0.39 is 0 Å². The molecule has 0 heterocycles. The second kappa shape index (κ2) is 15.1. The van der Waals surface area contributed by atoms with Crippen LogP contribution < -0.4 is 5.32 Å². The van der Waals surface area contributed by atoms with E-state index in [1.807, 2.05) is 0 Å². The van der Waals surface area contributed by atoms with Crippen LogP contribution in [0.25, 0.3) is 0 Å². The lowest BCUT2D eigenvalue weighted by molar-refractivity contribution is -0.117. The largest absolute Gasteiger partial charge is 0.381 e. The fourth-order valence-electron chi connectivity index (χ4n) is 1.92. The SMILES string of the molecule is C=C(C#N)C(=O)NCCCCCCCCCOCCCC. The summed E-state index contributed by atoms with van der Waals surface area (Å²) in [6.07, 6.45) is 10.6. The van der Waals surface area contributed by atoms with Gasteiger partial charge in [-0.3, -0.25) is 4.79 Å². The van der Waals surface area contributed by atoms with Crippen LogP contribution in [0.3, 0.4) is 0 Å². The van der Waals surface area contributed by atoms with Crippen LogP contribution in [0.2, 0.25) is 0 Å². The number of unbranched alkanes of at least 4 members (excludes halogenated alkanes) is 7. The topological polar surface area (TPSA) is 62.1 Å². The van der Waals surface area contributed by atoms with Gasteiger partial charge in [-0.1, -0.05) is 52.0 Å². The molecule has 21 heavy (non-hydrogen) atoms. The molecule has 0 aromatic heterocycles. The number of carbonyl (C=O) groups is 1. The highest BCUT2D eigenvalue weighted by molar-refractivity contribution is 5.96. The van der Waals surface area contributed by atoms with E-state index >= 15 is 0 Å². The molecular weight excluding hydrogens is 264 g/mol. The number of rotatable bonds is 14. The molecule has 4 heteroatoms. The summed E-state index contributed by atoms with van der Waals surface area (Å²) in [6, 6.07) is 1.74. The molecule has 0 atom stereocenters. The van der Waals surface area contributed by atoms with Gasteiger partial charge in [0.2, 0.25) is 0 Å². The summed E-state index contributed by atoms with van der Waals surface area (Å²) in [4.78, 5) is 11.2. The Morgan fingerprint density at radius 1 is 1.05 bits per heavy atom. The molecular formula is C17H30N2O2. The molecule has 1 amide bonds. The van der Waals surface area contributed by atoms with E-state index in [-0.39, 0.29) is 11.5 Å². The molecule has 120 valence electrons. The number of hydrogen-bond donors (Lipinski definition) is 1. The Bertz CT molecular complexity index is 321. The smallest absolute Gasteiger partial charge is 0.261 e. The van der Waals surface area contributed by atoms with E-state index in [1.165, 1.54) is 32.1 Å². The van der Waals surface area contributed by atoms with Crippen LogP contribution in [0.1, 0.15) is 64.7 Å². The van der Waals surface area contributed by atoms with E-state index in [0.717, 1.165) is 38.9 Å². The first kappa shape index (κ1) is 19.7. The summed E-state index contributed by atoms with van der Waals surface area (Å²) < 4.78 is 5.51. The van der Waals surface area contributed by atoms with Crippen molar-refractivity contribution in [3.63, 3.8) is 0 Å². The van der Waals surface area contributed by atoms with Crippen LogP contribution in [-0.2, 0) is 9.53 Å². The minimum absolute atomic E-state index is 0.0174. The van der Waals surface area contributed by atoms with Gasteiger partial charge < -0.3 is 10.1 Å². The van der Waals surface area contributed by atoms with Gasteiger partial charge in [0.05, 0.1) is 0 Å². The van der Waals surface area contributed by atoms with Crippen LogP contribution in [-0.4, -0.2) is 25.7 Å². The molecule has 1 N–H and O–H groups in total. The number of amides is 1. The Labute approximate surface area is 129 Å². The van der Waals surface area contributed by atoms with Crippen molar-refractivity contribution in [2.24, 2.45) is 0 Å². The van der Waals surface area contributed by atoms with E-state index in [9.17, 15) is 4.79 Å². The summed E-state index contributed by atoms with van der Waals surface area (Å²) in [5.74, 6) is -0.347. The van der Waals surface area contributed by atoms with Gasteiger partial charge in [0, 0.05) is 19.8 Å². The maximum atomic E-state index is 11.2. The highest BCUT2D eigenvalue weighted by atomic mass is 16.5. The van der Waals surface area contributed by atoms with Gasteiger partial charge in [-0.2, -0.15) is 5.26 Å². The number of nitriles is 1. The lowest BCUT2D eigenvalue weighted by Gasteiger charge is -2.05. The van der Waals surface area contributed by atoms with Crippen molar-refractivity contribution in [3.8, 4) is 6.07 Å². The zero-order valence-electron chi connectivity index (χ0n) is 13.5. The highest BCUT2D eigenvalue weighted by Crippen LogP contribution is 2.07. The summed E-state index contributed by atoms with van der Waals surface area (Å²) in [6.45, 7) is 7.98. The van der Waals surface area contributed by atoms with Crippen molar-refractivity contribution in [2.45, 2.75) is 64.7 Å². The molecule has 0 unspecified atom stereocenters. The molecule has 0 saturated heterocycles. The van der Waals surface area contributed by atoms with Crippen molar-refractivity contribution >= 4 is 5.91 Å². The van der Waals surface area contributed by atoms with Gasteiger partial charge in [-0.05, 0) is 19.3 Å². The average molecular weight is 294 g/mol. The minimum Gasteiger partial charge on any atom is -0.381 e. The van der Waals surface area contributed by atoms with E-state index in [4.69, 9.17) is 10.00 Å². The Morgan fingerprint density at radius 2 is 1.62 bits per heavy atom. The number of nitrogens with zero attached hydrogens (tertiary/aromatic N) is 1. The van der Waals surface area contributed by atoms with E-state index in [0.29, 0.717) is 6.54 Å². The van der Waals surface area contributed by atoms with Gasteiger partial charge in [-0.15, -0.1) is 0 Å². The second-order valence-electron chi connectivity index (χ2n) is 5.29. The molecule has 0 bridgehead atoms. The van der Waals surface area contributed by atoms with Crippen molar-refractivity contribution in [3.05, 3.63) is 12.2 Å². The molecule has 0 aromatic carbocycles. The van der Waals surface area contributed by atoms with Crippen LogP contribution in [0.5, 0.6) is 0 Å².